The minimum absolute atomic E-state index is 0.543. The van der Waals surface area contributed by atoms with E-state index in [0.717, 1.165) is 22.9 Å². The van der Waals surface area contributed by atoms with Gasteiger partial charge in [0.1, 0.15) is 11.5 Å². The number of methoxy groups -OCH3 is 2. The van der Waals surface area contributed by atoms with Crippen molar-refractivity contribution in [3.05, 3.63) is 48.0 Å². The summed E-state index contributed by atoms with van der Waals surface area (Å²) in [5.41, 5.74) is 3.32. The van der Waals surface area contributed by atoms with Gasteiger partial charge < -0.3 is 14.8 Å². The fraction of sp³-hybridized carbons (Fsp3) is 0.294. The topological polar surface area (TPSA) is 30.5 Å². The van der Waals surface area contributed by atoms with Gasteiger partial charge in [-0.05, 0) is 23.6 Å². The minimum atomic E-state index is 0.543. The smallest absolute Gasteiger partial charge is 0.124 e. The third-order valence-corrected chi connectivity index (χ3v) is 3.22. The summed E-state index contributed by atoms with van der Waals surface area (Å²) >= 11 is 0. The van der Waals surface area contributed by atoms with Crippen molar-refractivity contribution in [1.29, 1.82) is 0 Å². The van der Waals surface area contributed by atoms with Gasteiger partial charge in [0.2, 0.25) is 0 Å². The van der Waals surface area contributed by atoms with E-state index in [-0.39, 0.29) is 0 Å². The van der Waals surface area contributed by atoms with Crippen LogP contribution in [0.1, 0.15) is 25.3 Å². The second-order valence-corrected chi connectivity index (χ2v) is 5.00. The van der Waals surface area contributed by atoms with Crippen molar-refractivity contribution in [2.75, 3.05) is 19.5 Å². The number of hydrogen-bond donors (Lipinski definition) is 1. The molecule has 0 amide bonds. The second-order valence-electron chi connectivity index (χ2n) is 5.00. The monoisotopic (exact) mass is 271 g/mol. The van der Waals surface area contributed by atoms with Crippen LogP contribution in [0.3, 0.4) is 0 Å². The van der Waals surface area contributed by atoms with E-state index in [9.17, 15) is 0 Å². The molecule has 106 valence electrons. The van der Waals surface area contributed by atoms with Crippen LogP contribution >= 0.6 is 0 Å². The molecular weight excluding hydrogens is 250 g/mol. The molecule has 0 fully saturated rings. The van der Waals surface area contributed by atoms with Gasteiger partial charge in [-0.3, -0.25) is 0 Å². The molecule has 0 radical (unpaired) electrons. The molecule has 0 atom stereocenters. The molecule has 1 N–H and O–H groups in total. The predicted molar refractivity (Wildman–Crippen MR) is 83.4 cm³/mol. The molecule has 0 aliphatic heterocycles. The number of rotatable bonds is 5. The molecular formula is C17H21NO2. The maximum atomic E-state index is 5.27. The van der Waals surface area contributed by atoms with E-state index in [4.69, 9.17) is 9.47 Å². The normalized spacial score (nSPS) is 10.4. The van der Waals surface area contributed by atoms with Crippen LogP contribution < -0.4 is 14.8 Å². The molecule has 3 nitrogen and oxygen atoms in total. The molecule has 20 heavy (non-hydrogen) atoms. The van der Waals surface area contributed by atoms with Crippen LogP contribution in [0.2, 0.25) is 0 Å². The third-order valence-electron chi connectivity index (χ3n) is 3.22. The number of ether oxygens (including phenoxy) is 2. The van der Waals surface area contributed by atoms with Crippen molar-refractivity contribution >= 4 is 11.4 Å². The average molecular weight is 271 g/mol. The van der Waals surface area contributed by atoms with Gasteiger partial charge in [0, 0.05) is 29.6 Å². The lowest BCUT2D eigenvalue weighted by molar-refractivity contribution is 0.395. The zero-order valence-electron chi connectivity index (χ0n) is 12.4. The van der Waals surface area contributed by atoms with Crippen molar-refractivity contribution in [2.24, 2.45) is 0 Å². The SMILES string of the molecule is COc1cc(Nc2ccc(C(C)C)cc2)cc(OC)c1. The van der Waals surface area contributed by atoms with Gasteiger partial charge in [0.05, 0.1) is 14.2 Å². The lowest BCUT2D eigenvalue weighted by atomic mass is 10.0. The Bertz CT molecular complexity index is 539. The van der Waals surface area contributed by atoms with Crippen molar-refractivity contribution in [2.45, 2.75) is 19.8 Å². The summed E-state index contributed by atoms with van der Waals surface area (Å²) in [6.45, 7) is 4.38. The second kappa shape index (κ2) is 6.33. The Morgan fingerprint density at radius 3 is 1.80 bits per heavy atom. The summed E-state index contributed by atoms with van der Waals surface area (Å²) in [5, 5.41) is 3.36. The molecule has 0 aromatic heterocycles. The first-order chi connectivity index (χ1) is 9.62. The maximum Gasteiger partial charge on any atom is 0.124 e. The summed E-state index contributed by atoms with van der Waals surface area (Å²) in [7, 11) is 3.30. The summed E-state index contributed by atoms with van der Waals surface area (Å²) in [6.07, 6.45) is 0. The Hall–Kier alpha value is -2.16. The molecule has 3 heteroatoms. The minimum Gasteiger partial charge on any atom is -0.497 e. The average Bonchev–Trinajstić information content (AvgIpc) is 2.47. The van der Waals surface area contributed by atoms with E-state index in [1.165, 1.54) is 5.56 Å². The number of hydrogen-bond acceptors (Lipinski definition) is 3. The molecule has 0 unspecified atom stereocenters. The largest absolute Gasteiger partial charge is 0.497 e. The summed E-state index contributed by atoms with van der Waals surface area (Å²) in [6, 6.07) is 14.2. The first kappa shape index (κ1) is 14.3. The van der Waals surface area contributed by atoms with Crippen molar-refractivity contribution in [3.63, 3.8) is 0 Å². The van der Waals surface area contributed by atoms with Crippen LogP contribution in [0.4, 0.5) is 11.4 Å². The molecule has 0 saturated carbocycles. The van der Waals surface area contributed by atoms with Crippen molar-refractivity contribution in [1.82, 2.24) is 0 Å². The Morgan fingerprint density at radius 1 is 0.800 bits per heavy atom. The number of nitrogens with one attached hydrogen (secondary N) is 1. The van der Waals surface area contributed by atoms with E-state index in [1.54, 1.807) is 14.2 Å². The molecule has 2 aromatic carbocycles. The van der Waals surface area contributed by atoms with Crippen LogP contribution in [-0.2, 0) is 0 Å². The summed E-state index contributed by atoms with van der Waals surface area (Å²) in [4.78, 5) is 0. The molecule has 0 heterocycles. The fourth-order valence-electron chi connectivity index (χ4n) is 2.00. The van der Waals surface area contributed by atoms with E-state index < -0.39 is 0 Å². The van der Waals surface area contributed by atoms with Crippen LogP contribution in [0.25, 0.3) is 0 Å². The zero-order valence-corrected chi connectivity index (χ0v) is 12.4. The van der Waals surface area contributed by atoms with Crippen LogP contribution in [-0.4, -0.2) is 14.2 Å². The predicted octanol–water partition coefficient (Wildman–Crippen LogP) is 4.57. The highest BCUT2D eigenvalue weighted by molar-refractivity contribution is 5.63. The van der Waals surface area contributed by atoms with Gasteiger partial charge in [-0.2, -0.15) is 0 Å². The van der Waals surface area contributed by atoms with E-state index in [1.807, 2.05) is 18.2 Å². The van der Waals surface area contributed by atoms with Crippen molar-refractivity contribution < 1.29 is 9.47 Å². The van der Waals surface area contributed by atoms with Crippen LogP contribution in [0.5, 0.6) is 11.5 Å². The van der Waals surface area contributed by atoms with Crippen LogP contribution in [0, 0.1) is 0 Å². The van der Waals surface area contributed by atoms with Gasteiger partial charge in [-0.25, -0.2) is 0 Å². The Morgan fingerprint density at radius 2 is 1.35 bits per heavy atom. The number of anilines is 2. The van der Waals surface area contributed by atoms with Gasteiger partial charge >= 0.3 is 0 Å². The van der Waals surface area contributed by atoms with Gasteiger partial charge in [-0.1, -0.05) is 26.0 Å². The first-order valence-corrected chi connectivity index (χ1v) is 6.72. The summed E-state index contributed by atoms with van der Waals surface area (Å²) < 4.78 is 10.5. The third kappa shape index (κ3) is 3.44. The highest BCUT2D eigenvalue weighted by atomic mass is 16.5. The highest BCUT2D eigenvalue weighted by Gasteiger charge is 2.03. The zero-order chi connectivity index (χ0) is 14.5. The Balaban J connectivity index is 2.20. The quantitative estimate of drug-likeness (QED) is 0.864. The highest BCUT2D eigenvalue weighted by Crippen LogP contribution is 2.28. The van der Waals surface area contributed by atoms with E-state index >= 15 is 0 Å². The molecule has 0 aliphatic rings. The molecule has 0 saturated heterocycles. The lowest BCUT2D eigenvalue weighted by Crippen LogP contribution is -1.94. The molecule has 0 aliphatic carbocycles. The Kier molecular flexibility index (Phi) is 4.51. The maximum absolute atomic E-state index is 5.27. The van der Waals surface area contributed by atoms with Gasteiger partial charge in [0.15, 0.2) is 0 Å². The van der Waals surface area contributed by atoms with E-state index in [0.29, 0.717) is 5.92 Å². The van der Waals surface area contributed by atoms with Gasteiger partial charge in [-0.15, -0.1) is 0 Å². The van der Waals surface area contributed by atoms with Crippen LogP contribution in [0.15, 0.2) is 42.5 Å². The molecule has 0 spiro atoms. The summed E-state index contributed by atoms with van der Waals surface area (Å²) in [5.74, 6) is 2.08. The van der Waals surface area contributed by atoms with Gasteiger partial charge in [0.25, 0.3) is 0 Å². The molecule has 2 rings (SSSR count). The Labute approximate surface area is 120 Å². The molecule has 0 bridgehead atoms. The van der Waals surface area contributed by atoms with Crippen molar-refractivity contribution in [3.8, 4) is 11.5 Å². The molecule has 2 aromatic rings. The van der Waals surface area contributed by atoms with E-state index in [2.05, 4.69) is 43.4 Å². The fourth-order valence-corrected chi connectivity index (χ4v) is 2.00. The number of benzene rings is 2. The lowest BCUT2D eigenvalue weighted by Gasteiger charge is -2.12. The standard InChI is InChI=1S/C17H21NO2/c1-12(2)13-5-7-14(8-6-13)18-15-9-16(19-3)11-17(10-15)20-4/h5-12,18H,1-4H3. The first-order valence-electron chi connectivity index (χ1n) is 6.72.